The van der Waals surface area contributed by atoms with E-state index in [0.29, 0.717) is 12.5 Å². The Kier molecular flexibility index (Phi) is 7.79. The summed E-state index contributed by atoms with van der Waals surface area (Å²) in [5.74, 6) is 0.475. The molecule has 0 bridgehead atoms. The first kappa shape index (κ1) is 16.7. The van der Waals surface area contributed by atoms with Gasteiger partial charge in [0.05, 0.1) is 6.42 Å². The zero-order valence-corrected chi connectivity index (χ0v) is 11.3. The van der Waals surface area contributed by atoms with Gasteiger partial charge in [-0.15, -0.1) is 0 Å². The van der Waals surface area contributed by atoms with Gasteiger partial charge in [0.1, 0.15) is 0 Å². The molecule has 0 aliphatic heterocycles. The molecule has 1 N–H and O–H groups in total. The maximum Gasteiger partial charge on any atom is 0.390 e. The van der Waals surface area contributed by atoms with E-state index in [-0.39, 0.29) is 12.6 Å². The highest BCUT2D eigenvalue weighted by Gasteiger charge is 2.27. The summed E-state index contributed by atoms with van der Waals surface area (Å²) in [4.78, 5) is 1.76. The molecule has 0 aliphatic carbocycles. The standard InChI is InChI=1S/C12H25F3N2/c1-5-10(3)11(16-6-2)9-17(4)8-7-12(13,14)15/h10-11,16H,5-9H2,1-4H3. The van der Waals surface area contributed by atoms with E-state index in [1.165, 1.54) is 0 Å². The van der Waals surface area contributed by atoms with Crippen LogP contribution in [0.25, 0.3) is 0 Å². The van der Waals surface area contributed by atoms with Gasteiger partial charge in [-0.25, -0.2) is 0 Å². The minimum absolute atomic E-state index is 0.0713. The maximum atomic E-state index is 12.1. The van der Waals surface area contributed by atoms with Crippen LogP contribution in [0, 0.1) is 5.92 Å². The van der Waals surface area contributed by atoms with Crippen molar-refractivity contribution in [2.24, 2.45) is 5.92 Å². The van der Waals surface area contributed by atoms with Gasteiger partial charge in [0.2, 0.25) is 0 Å². The fraction of sp³-hybridized carbons (Fsp3) is 1.00. The number of nitrogens with zero attached hydrogens (tertiary/aromatic N) is 1. The lowest BCUT2D eigenvalue weighted by molar-refractivity contribution is -0.137. The molecular weight excluding hydrogens is 229 g/mol. The summed E-state index contributed by atoms with van der Waals surface area (Å²) >= 11 is 0. The zero-order chi connectivity index (χ0) is 13.5. The Morgan fingerprint density at radius 3 is 2.24 bits per heavy atom. The highest BCUT2D eigenvalue weighted by molar-refractivity contribution is 4.75. The second-order valence-electron chi connectivity index (χ2n) is 4.68. The van der Waals surface area contributed by atoms with Crippen molar-refractivity contribution in [2.45, 2.75) is 45.8 Å². The van der Waals surface area contributed by atoms with Crippen molar-refractivity contribution in [2.75, 3.05) is 26.7 Å². The quantitative estimate of drug-likeness (QED) is 0.716. The van der Waals surface area contributed by atoms with Gasteiger partial charge in [-0.3, -0.25) is 0 Å². The van der Waals surface area contributed by atoms with E-state index in [2.05, 4.69) is 19.2 Å². The third-order valence-corrected chi connectivity index (χ3v) is 3.08. The molecule has 0 aromatic rings. The van der Waals surface area contributed by atoms with Gasteiger partial charge in [0.15, 0.2) is 0 Å². The third-order valence-electron chi connectivity index (χ3n) is 3.08. The smallest absolute Gasteiger partial charge is 0.313 e. The number of rotatable bonds is 8. The minimum atomic E-state index is -4.06. The number of alkyl halides is 3. The molecule has 0 aromatic carbocycles. The molecular formula is C12H25F3N2. The monoisotopic (exact) mass is 254 g/mol. The molecule has 0 rings (SSSR count). The summed E-state index contributed by atoms with van der Waals surface area (Å²) in [5, 5.41) is 3.34. The molecule has 5 heteroatoms. The van der Waals surface area contributed by atoms with Gasteiger partial charge in [0.25, 0.3) is 0 Å². The molecule has 0 saturated carbocycles. The summed E-state index contributed by atoms with van der Waals surface area (Å²) in [5.41, 5.74) is 0. The van der Waals surface area contributed by atoms with Gasteiger partial charge in [-0.05, 0) is 19.5 Å². The van der Waals surface area contributed by atoms with Gasteiger partial charge < -0.3 is 10.2 Å². The first-order chi connectivity index (χ1) is 7.80. The van der Waals surface area contributed by atoms with E-state index in [4.69, 9.17) is 0 Å². The first-order valence-corrected chi connectivity index (χ1v) is 6.28. The molecule has 2 atom stereocenters. The number of nitrogens with one attached hydrogen (secondary N) is 1. The molecule has 2 unspecified atom stereocenters. The number of hydrogen-bond acceptors (Lipinski definition) is 2. The van der Waals surface area contributed by atoms with Crippen LogP contribution < -0.4 is 5.32 Å². The fourth-order valence-electron chi connectivity index (χ4n) is 1.74. The lowest BCUT2D eigenvalue weighted by Crippen LogP contribution is -2.44. The van der Waals surface area contributed by atoms with Crippen LogP contribution in [0.15, 0.2) is 0 Å². The SMILES string of the molecule is CCNC(CN(C)CCC(F)(F)F)C(C)CC. The van der Waals surface area contributed by atoms with Crippen molar-refractivity contribution in [1.29, 1.82) is 0 Å². The van der Waals surface area contributed by atoms with Gasteiger partial charge in [0, 0.05) is 19.1 Å². The molecule has 0 radical (unpaired) electrons. The van der Waals surface area contributed by atoms with Crippen molar-refractivity contribution in [3.8, 4) is 0 Å². The van der Waals surface area contributed by atoms with Crippen LogP contribution in [0.5, 0.6) is 0 Å². The number of halogens is 3. The maximum absolute atomic E-state index is 12.1. The summed E-state index contributed by atoms with van der Waals surface area (Å²) in [6, 6.07) is 0.267. The average Bonchev–Trinajstić information content (AvgIpc) is 2.24. The van der Waals surface area contributed by atoms with E-state index in [1.807, 2.05) is 6.92 Å². The number of hydrogen-bond donors (Lipinski definition) is 1. The van der Waals surface area contributed by atoms with Crippen LogP contribution in [0.4, 0.5) is 13.2 Å². The van der Waals surface area contributed by atoms with Crippen molar-refractivity contribution in [3.63, 3.8) is 0 Å². The Morgan fingerprint density at radius 2 is 1.82 bits per heavy atom. The lowest BCUT2D eigenvalue weighted by Gasteiger charge is -2.29. The van der Waals surface area contributed by atoms with E-state index in [1.54, 1.807) is 11.9 Å². The van der Waals surface area contributed by atoms with Crippen LogP contribution >= 0.6 is 0 Å². The molecule has 0 amide bonds. The highest BCUT2D eigenvalue weighted by Crippen LogP contribution is 2.19. The van der Waals surface area contributed by atoms with Crippen molar-refractivity contribution in [1.82, 2.24) is 10.2 Å². The fourth-order valence-corrected chi connectivity index (χ4v) is 1.74. The molecule has 0 aliphatic rings. The summed E-state index contributed by atoms with van der Waals surface area (Å²) in [6.45, 7) is 7.84. The zero-order valence-electron chi connectivity index (χ0n) is 11.3. The summed E-state index contributed by atoms with van der Waals surface area (Å²) in [6.07, 6.45) is -3.76. The second-order valence-corrected chi connectivity index (χ2v) is 4.68. The van der Waals surface area contributed by atoms with Crippen LogP contribution in [0.1, 0.15) is 33.6 Å². The Hall–Kier alpha value is -0.290. The van der Waals surface area contributed by atoms with Crippen molar-refractivity contribution in [3.05, 3.63) is 0 Å². The number of likely N-dealkylation sites (N-methyl/N-ethyl adjacent to an activating group) is 2. The van der Waals surface area contributed by atoms with E-state index < -0.39 is 12.6 Å². The molecule has 0 heterocycles. The van der Waals surface area contributed by atoms with E-state index in [9.17, 15) is 13.2 Å². The van der Waals surface area contributed by atoms with Gasteiger partial charge >= 0.3 is 6.18 Å². The minimum Gasteiger partial charge on any atom is -0.313 e. The molecule has 0 spiro atoms. The Labute approximate surface area is 103 Å². The first-order valence-electron chi connectivity index (χ1n) is 6.28. The summed E-state index contributed by atoms with van der Waals surface area (Å²) in [7, 11) is 1.75. The summed E-state index contributed by atoms with van der Waals surface area (Å²) < 4.78 is 36.3. The normalized spacial score (nSPS) is 16.2. The molecule has 17 heavy (non-hydrogen) atoms. The Bertz CT molecular complexity index is 195. The van der Waals surface area contributed by atoms with Crippen molar-refractivity contribution >= 4 is 0 Å². The molecule has 2 nitrogen and oxygen atoms in total. The van der Waals surface area contributed by atoms with Crippen LogP contribution in [0.2, 0.25) is 0 Å². The second kappa shape index (κ2) is 7.93. The molecule has 0 aromatic heterocycles. The van der Waals surface area contributed by atoms with Gasteiger partial charge in [-0.2, -0.15) is 13.2 Å². The van der Waals surface area contributed by atoms with Crippen LogP contribution in [0.3, 0.4) is 0 Å². The Morgan fingerprint density at radius 1 is 1.24 bits per heavy atom. The molecule has 0 saturated heterocycles. The van der Waals surface area contributed by atoms with Gasteiger partial charge in [-0.1, -0.05) is 27.2 Å². The highest BCUT2D eigenvalue weighted by atomic mass is 19.4. The van der Waals surface area contributed by atoms with E-state index >= 15 is 0 Å². The van der Waals surface area contributed by atoms with Crippen molar-refractivity contribution < 1.29 is 13.2 Å². The van der Waals surface area contributed by atoms with E-state index in [0.717, 1.165) is 13.0 Å². The Balaban J connectivity index is 4.07. The average molecular weight is 254 g/mol. The van der Waals surface area contributed by atoms with Crippen LogP contribution in [-0.4, -0.2) is 43.8 Å². The lowest BCUT2D eigenvalue weighted by atomic mass is 9.98. The third kappa shape index (κ3) is 8.44. The predicted molar refractivity (Wildman–Crippen MR) is 65.1 cm³/mol. The molecule has 104 valence electrons. The van der Waals surface area contributed by atoms with Crippen LogP contribution in [-0.2, 0) is 0 Å². The largest absolute Gasteiger partial charge is 0.390 e. The molecule has 0 fully saturated rings. The topological polar surface area (TPSA) is 15.3 Å². The predicted octanol–water partition coefficient (Wildman–Crippen LogP) is 2.89.